The molecule has 82 valence electrons. The summed E-state index contributed by atoms with van der Waals surface area (Å²) in [7, 11) is 0. The van der Waals surface area contributed by atoms with Crippen molar-refractivity contribution in [2.24, 2.45) is 0 Å². The molecule has 0 aliphatic carbocycles. The standard InChI is InChI=1S/C8H6BrClF2N2O/c9-4-1-5(10)7(13-2-4)8(15)14-3-6(11)12/h1-2,6H,3H2,(H,14,15). The van der Waals surface area contributed by atoms with Crippen LogP contribution in [0.25, 0.3) is 0 Å². The first-order chi connectivity index (χ1) is 7.00. The quantitative estimate of drug-likeness (QED) is 0.932. The Bertz CT molecular complexity index is 376. The number of aromatic nitrogens is 1. The molecular weight excluding hydrogens is 293 g/mol. The molecule has 0 aliphatic rings. The monoisotopic (exact) mass is 298 g/mol. The fraction of sp³-hybridized carbons (Fsp3) is 0.250. The lowest BCUT2D eigenvalue weighted by atomic mass is 10.3. The summed E-state index contributed by atoms with van der Waals surface area (Å²) in [6, 6.07) is 1.46. The molecule has 0 unspecified atom stereocenters. The van der Waals surface area contributed by atoms with Crippen molar-refractivity contribution in [3.05, 3.63) is 27.5 Å². The zero-order valence-corrected chi connectivity index (χ0v) is 9.65. The zero-order valence-electron chi connectivity index (χ0n) is 7.31. The summed E-state index contributed by atoms with van der Waals surface area (Å²) in [5.74, 6) is -0.715. The van der Waals surface area contributed by atoms with Gasteiger partial charge in [-0.2, -0.15) is 0 Å². The van der Waals surface area contributed by atoms with Gasteiger partial charge in [0.2, 0.25) is 0 Å². The third-order valence-corrected chi connectivity index (χ3v) is 2.16. The summed E-state index contributed by atoms with van der Waals surface area (Å²) >= 11 is 8.81. The van der Waals surface area contributed by atoms with Crippen molar-refractivity contribution in [1.82, 2.24) is 10.3 Å². The molecule has 1 rings (SSSR count). The fourth-order valence-electron chi connectivity index (χ4n) is 0.835. The van der Waals surface area contributed by atoms with Gasteiger partial charge in [-0.3, -0.25) is 4.79 Å². The Morgan fingerprint density at radius 1 is 1.67 bits per heavy atom. The number of carbonyl (C=O) groups excluding carboxylic acids is 1. The molecule has 0 radical (unpaired) electrons. The summed E-state index contributed by atoms with van der Waals surface area (Å²) in [6.45, 7) is -0.715. The van der Waals surface area contributed by atoms with E-state index in [0.29, 0.717) is 4.47 Å². The van der Waals surface area contributed by atoms with Crippen molar-refractivity contribution in [1.29, 1.82) is 0 Å². The van der Waals surface area contributed by atoms with E-state index in [0.717, 1.165) is 0 Å². The lowest BCUT2D eigenvalue weighted by molar-refractivity contribution is 0.0887. The number of hydrogen-bond donors (Lipinski definition) is 1. The van der Waals surface area contributed by atoms with E-state index in [-0.39, 0.29) is 10.7 Å². The Morgan fingerprint density at radius 2 is 2.33 bits per heavy atom. The molecular formula is C8H6BrClF2N2O. The van der Waals surface area contributed by atoms with Crippen LogP contribution in [0.15, 0.2) is 16.7 Å². The van der Waals surface area contributed by atoms with Gasteiger partial charge in [-0.05, 0) is 22.0 Å². The maximum atomic E-state index is 11.8. The molecule has 0 atom stereocenters. The summed E-state index contributed by atoms with van der Waals surface area (Å²) in [4.78, 5) is 15.0. The second kappa shape index (κ2) is 5.37. The van der Waals surface area contributed by atoms with Gasteiger partial charge in [0.1, 0.15) is 5.69 Å². The maximum absolute atomic E-state index is 11.8. The average molecular weight is 300 g/mol. The highest BCUT2D eigenvalue weighted by molar-refractivity contribution is 9.10. The average Bonchev–Trinajstić information content (AvgIpc) is 2.14. The van der Waals surface area contributed by atoms with Gasteiger partial charge in [0, 0.05) is 10.7 Å². The Balaban J connectivity index is 2.74. The van der Waals surface area contributed by atoms with Crippen LogP contribution in [0.2, 0.25) is 5.02 Å². The van der Waals surface area contributed by atoms with Crippen LogP contribution in [-0.2, 0) is 0 Å². The van der Waals surface area contributed by atoms with Crippen molar-refractivity contribution >= 4 is 33.4 Å². The van der Waals surface area contributed by atoms with Gasteiger partial charge in [-0.15, -0.1) is 0 Å². The first-order valence-electron chi connectivity index (χ1n) is 3.88. The van der Waals surface area contributed by atoms with Crippen molar-refractivity contribution in [3.63, 3.8) is 0 Å². The van der Waals surface area contributed by atoms with Gasteiger partial charge in [-0.25, -0.2) is 13.8 Å². The smallest absolute Gasteiger partial charge is 0.271 e. The highest BCUT2D eigenvalue weighted by Gasteiger charge is 2.13. The number of hydrogen-bond acceptors (Lipinski definition) is 2. The van der Waals surface area contributed by atoms with E-state index in [9.17, 15) is 13.6 Å². The SMILES string of the molecule is O=C(NCC(F)F)c1ncc(Br)cc1Cl. The van der Waals surface area contributed by atoms with Crippen LogP contribution in [-0.4, -0.2) is 23.9 Å². The minimum absolute atomic E-state index is 0.0690. The van der Waals surface area contributed by atoms with Gasteiger partial charge < -0.3 is 5.32 Å². The van der Waals surface area contributed by atoms with Gasteiger partial charge in [0.25, 0.3) is 12.3 Å². The van der Waals surface area contributed by atoms with Gasteiger partial charge >= 0.3 is 0 Å². The summed E-state index contributed by atoms with van der Waals surface area (Å²) in [6.07, 6.45) is -1.23. The Labute approximate surface area is 98.0 Å². The summed E-state index contributed by atoms with van der Waals surface area (Å²) in [5, 5.41) is 2.12. The van der Waals surface area contributed by atoms with Crippen molar-refractivity contribution < 1.29 is 13.6 Å². The van der Waals surface area contributed by atoms with Crippen LogP contribution in [0.4, 0.5) is 8.78 Å². The molecule has 1 aromatic heterocycles. The van der Waals surface area contributed by atoms with Crippen molar-refractivity contribution in [3.8, 4) is 0 Å². The normalized spacial score (nSPS) is 10.5. The molecule has 0 aliphatic heterocycles. The molecule has 3 nitrogen and oxygen atoms in total. The minimum Gasteiger partial charge on any atom is -0.345 e. The molecule has 7 heteroatoms. The molecule has 1 heterocycles. The van der Waals surface area contributed by atoms with E-state index in [1.807, 2.05) is 5.32 Å². The number of carbonyl (C=O) groups is 1. The highest BCUT2D eigenvalue weighted by atomic mass is 79.9. The number of pyridine rings is 1. The Hall–Kier alpha value is -0.750. The number of nitrogens with zero attached hydrogens (tertiary/aromatic N) is 1. The lowest BCUT2D eigenvalue weighted by Crippen LogP contribution is -2.29. The van der Waals surface area contributed by atoms with Crippen molar-refractivity contribution in [2.75, 3.05) is 6.54 Å². The second-order valence-corrected chi connectivity index (χ2v) is 3.91. The Morgan fingerprint density at radius 3 is 2.87 bits per heavy atom. The van der Waals surface area contributed by atoms with Crippen LogP contribution in [0.5, 0.6) is 0 Å². The Kier molecular flexibility index (Phi) is 4.41. The molecule has 0 bridgehead atoms. The van der Waals surface area contributed by atoms with Crippen LogP contribution >= 0.6 is 27.5 Å². The first-order valence-corrected chi connectivity index (χ1v) is 5.05. The molecule has 0 aromatic carbocycles. The fourth-order valence-corrected chi connectivity index (χ4v) is 1.55. The van der Waals surface area contributed by atoms with Crippen molar-refractivity contribution in [2.45, 2.75) is 6.43 Å². The third-order valence-electron chi connectivity index (χ3n) is 1.44. The predicted octanol–water partition coefficient (Wildman–Crippen LogP) is 2.49. The molecule has 1 N–H and O–H groups in total. The highest BCUT2D eigenvalue weighted by Crippen LogP contribution is 2.18. The number of nitrogens with one attached hydrogen (secondary N) is 1. The second-order valence-electron chi connectivity index (χ2n) is 2.59. The first kappa shape index (κ1) is 12.3. The van der Waals surface area contributed by atoms with E-state index in [1.54, 1.807) is 0 Å². The number of halogens is 4. The van der Waals surface area contributed by atoms with Crippen LogP contribution in [0, 0.1) is 0 Å². The summed E-state index contributed by atoms with van der Waals surface area (Å²) < 4.78 is 24.2. The van der Waals surface area contributed by atoms with Crippen LogP contribution in [0.1, 0.15) is 10.5 Å². The van der Waals surface area contributed by atoms with Gasteiger partial charge in [0.05, 0.1) is 11.6 Å². The van der Waals surface area contributed by atoms with E-state index in [1.165, 1.54) is 12.3 Å². The summed E-state index contributed by atoms with van der Waals surface area (Å²) in [5.41, 5.74) is -0.0690. The van der Waals surface area contributed by atoms with E-state index in [2.05, 4.69) is 20.9 Å². The van der Waals surface area contributed by atoms with Gasteiger partial charge in [0.15, 0.2) is 0 Å². The number of rotatable bonds is 3. The van der Waals surface area contributed by atoms with E-state index in [4.69, 9.17) is 11.6 Å². The number of alkyl halides is 2. The maximum Gasteiger partial charge on any atom is 0.271 e. The molecule has 0 saturated heterocycles. The molecule has 0 spiro atoms. The van der Waals surface area contributed by atoms with Crippen LogP contribution in [0.3, 0.4) is 0 Å². The minimum atomic E-state index is -2.59. The predicted molar refractivity (Wildman–Crippen MR) is 55.3 cm³/mol. The molecule has 0 saturated carbocycles. The van der Waals surface area contributed by atoms with E-state index >= 15 is 0 Å². The third kappa shape index (κ3) is 3.71. The zero-order chi connectivity index (χ0) is 11.4. The molecule has 15 heavy (non-hydrogen) atoms. The molecule has 0 fully saturated rings. The lowest BCUT2D eigenvalue weighted by Gasteiger charge is -2.05. The van der Waals surface area contributed by atoms with Crippen LogP contribution < -0.4 is 5.32 Å². The van der Waals surface area contributed by atoms with Gasteiger partial charge in [-0.1, -0.05) is 11.6 Å². The van der Waals surface area contributed by atoms with E-state index < -0.39 is 18.9 Å². The molecule has 1 amide bonds. The topological polar surface area (TPSA) is 42.0 Å². The molecule has 1 aromatic rings. The largest absolute Gasteiger partial charge is 0.345 e. The number of amides is 1.